The van der Waals surface area contributed by atoms with Gasteiger partial charge in [0.25, 0.3) is 6.57 Å². The van der Waals surface area contributed by atoms with Crippen LogP contribution in [0.15, 0.2) is 19.0 Å². The van der Waals surface area contributed by atoms with E-state index in [9.17, 15) is 14.2 Å². The average molecular weight is 691 g/mol. The van der Waals surface area contributed by atoms with Crippen LogP contribution in [0.5, 0.6) is 5.88 Å². The fourth-order valence-corrected chi connectivity index (χ4v) is 10.4. The third-order valence-electron chi connectivity index (χ3n) is 7.84. The second kappa shape index (κ2) is 10.7. The molecule has 2 aliphatic heterocycles. The number of rotatable bonds is 3. The first-order chi connectivity index (χ1) is 20.9. The number of fused-ring (bicyclic) bond motifs is 5. The Morgan fingerprint density at radius 1 is 1.07 bits per heavy atom. The predicted molar refractivity (Wildman–Crippen MR) is 157 cm³/mol. The highest BCUT2D eigenvalue weighted by atomic mass is 32.7. The topological polar surface area (TPSA) is 240 Å². The Kier molecular flexibility index (Phi) is 7.34. The van der Waals surface area contributed by atoms with Gasteiger partial charge in [-0.2, -0.15) is 0 Å². The van der Waals surface area contributed by atoms with Crippen LogP contribution in [0.3, 0.4) is 0 Å². The summed E-state index contributed by atoms with van der Waals surface area (Å²) in [5.41, 5.74) is 10.9. The highest BCUT2D eigenvalue weighted by molar-refractivity contribution is 8.46. The quantitative estimate of drug-likeness (QED) is 0.152. The molecule has 0 spiro atoms. The van der Waals surface area contributed by atoms with Gasteiger partial charge in [-0.15, -0.1) is 5.10 Å². The first-order valence-electron chi connectivity index (χ1n) is 13.0. The molecule has 0 radical (unpaired) electrons. The number of halogens is 1. The maximum absolute atomic E-state index is 16.3. The van der Waals surface area contributed by atoms with E-state index in [0.29, 0.717) is 0 Å². The van der Waals surface area contributed by atoms with Gasteiger partial charge < -0.3 is 30.6 Å². The zero-order chi connectivity index (χ0) is 31.1. The number of aliphatic hydroxyl groups excluding tert-OH is 1. The second-order valence-electron chi connectivity index (χ2n) is 10.3. The van der Waals surface area contributed by atoms with E-state index in [-0.39, 0.29) is 46.1 Å². The fraction of sp³-hybridized carbons (Fsp3) is 0.524. The molecule has 0 aromatic carbocycles. The van der Waals surface area contributed by atoms with E-state index in [1.54, 1.807) is 0 Å². The van der Waals surface area contributed by atoms with E-state index in [0.717, 1.165) is 0 Å². The van der Waals surface area contributed by atoms with Gasteiger partial charge in [0, 0.05) is 6.42 Å². The molecule has 10 atom stereocenters. The predicted octanol–water partition coefficient (Wildman–Crippen LogP) is 1.71. The zero-order valence-electron chi connectivity index (χ0n) is 22.5. The number of nitrogens with two attached hydrogens (primary N) is 2. The molecule has 1 aliphatic carbocycles. The van der Waals surface area contributed by atoms with Gasteiger partial charge in [0.1, 0.15) is 47.2 Å². The largest absolute Gasteiger partial charge is 0.479 e. The van der Waals surface area contributed by atoms with E-state index < -0.39 is 68.5 Å². The number of hydrogen-bond donors (Lipinski definition) is 5. The van der Waals surface area contributed by atoms with Crippen LogP contribution in [0.1, 0.15) is 18.7 Å². The number of ether oxygens (including phenoxy) is 2. The lowest BCUT2D eigenvalue weighted by molar-refractivity contribution is -0.0359. The molecule has 236 valence electrons. The Balaban J connectivity index is 1.26. The summed E-state index contributed by atoms with van der Waals surface area (Å²) in [6.07, 6.45) is -5.41. The van der Waals surface area contributed by atoms with Crippen molar-refractivity contribution in [1.29, 1.82) is 0 Å². The lowest BCUT2D eigenvalue weighted by Gasteiger charge is -2.28. The number of imidazole rings is 1. The Labute approximate surface area is 257 Å². The van der Waals surface area contributed by atoms with Crippen molar-refractivity contribution >= 4 is 71.7 Å². The Hall–Kier alpha value is -2.61. The molecule has 4 aromatic rings. The van der Waals surface area contributed by atoms with Gasteiger partial charge in [-0.25, -0.2) is 38.6 Å². The highest BCUT2D eigenvalue weighted by Gasteiger charge is 2.59. The van der Waals surface area contributed by atoms with Gasteiger partial charge in [-0.1, -0.05) is 24.5 Å². The van der Waals surface area contributed by atoms with Crippen molar-refractivity contribution in [3.05, 3.63) is 19.0 Å². The number of hydrogen-bond acceptors (Lipinski definition) is 16. The standard InChI is InChI=1S/C21H25FN10O8P2S2/c1-36-20-10-16(23)25-4-27-18(10)32(30-20)7-2-8-13(33)14(7)40-42(35,44)37-3-9-15(41(34,43)39-8)11(22)21(38-9)31-6-29-12-17(24)26-5-28-19(12)31/h4-9,11,13-15,21,33H,2-3H2,1H3,(H,34,43)(H,35,44)(H2,23,25,27)(H2,24,26,28)/t7-,8+,9-,11-,13-,14+,15-,21-,41?,42?/m1/s1. The SMILES string of the molecule is COc1nn([C@@H]2C[C@@H]3OP(=O)(S)[C@H]4[C@@H](F)[C@H](n5cnc6c(N)ncnc65)O[C@@H]4COP(=O)(S)O[C@@H]2[C@@H]3O)c2ncnc(N)c12. The van der Waals surface area contributed by atoms with Crippen LogP contribution >= 0.6 is 37.9 Å². The molecule has 1 saturated carbocycles. The van der Waals surface area contributed by atoms with E-state index in [1.807, 2.05) is 0 Å². The second-order valence-corrected chi connectivity index (χ2v) is 16.8. The summed E-state index contributed by atoms with van der Waals surface area (Å²) in [6.45, 7) is -9.18. The van der Waals surface area contributed by atoms with Crippen molar-refractivity contribution in [2.24, 2.45) is 0 Å². The van der Waals surface area contributed by atoms with E-state index >= 15 is 4.39 Å². The molecule has 7 rings (SSSR count). The normalized spacial score (nSPS) is 37.7. The third-order valence-corrected chi connectivity index (χ3v) is 12.5. The van der Waals surface area contributed by atoms with Crippen LogP contribution in [0.4, 0.5) is 16.0 Å². The molecule has 3 fully saturated rings. The summed E-state index contributed by atoms with van der Waals surface area (Å²) >= 11 is 8.41. The minimum atomic E-state index is -4.30. The lowest BCUT2D eigenvalue weighted by Crippen LogP contribution is -2.35. The molecule has 5 N–H and O–H groups in total. The molecule has 4 aromatic heterocycles. The van der Waals surface area contributed by atoms with Crippen LogP contribution in [0.2, 0.25) is 0 Å². The number of methoxy groups -OCH3 is 1. The Bertz CT molecular complexity index is 1870. The minimum absolute atomic E-state index is 0.0631. The maximum Gasteiger partial charge on any atom is 0.386 e. The van der Waals surface area contributed by atoms with Crippen LogP contribution in [-0.4, -0.2) is 94.3 Å². The average Bonchev–Trinajstić information content (AvgIpc) is 3.71. The number of alkyl halides is 1. The number of aliphatic hydroxyl groups is 1. The molecule has 0 amide bonds. The summed E-state index contributed by atoms with van der Waals surface area (Å²) in [6, 6.07) is -0.945. The van der Waals surface area contributed by atoms with Gasteiger partial charge in [0.2, 0.25) is 5.88 Å². The van der Waals surface area contributed by atoms with Crippen molar-refractivity contribution in [3.8, 4) is 5.88 Å². The third kappa shape index (κ3) is 4.76. The van der Waals surface area contributed by atoms with Crippen molar-refractivity contribution in [1.82, 2.24) is 39.3 Å². The molecule has 44 heavy (non-hydrogen) atoms. The smallest absolute Gasteiger partial charge is 0.386 e. The van der Waals surface area contributed by atoms with Gasteiger partial charge in [0.05, 0.1) is 38.3 Å². The van der Waals surface area contributed by atoms with Gasteiger partial charge in [-0.3, -0.25) is 18.2 Å². The summed E-state index contributed by atoms with van der Waals surface area (Å²) in [5.74, 6) is 0.224. The van der Waals surface area contributed by atoms with E-state index in [2.05, 4.69) is 54.5 Å². The van der Waals surface area contributed by atoms with Gasteiger partial charge in [-0.05, 0) is 0 Å². The van der Waals surface area contributed by atoms with Crippen molar-refractivity contribution in [2.75, 3.05) is 25.2 Å². The first-order valence-corrected chi connectivity index (χ1v) is 18.5. The first kappa shape index (κ1) is 30.1. The number of nitrogen functional groups attached to an aromatic ring is 2. The van der Waals surface area contributed by atoms with Gasteiger partial charge >= 0.3 is 6.80 Å². The van der Waals surface area contributed by atoms with Crippen LogP contribution in [-0.2, 0) is 27.4 Å². The van der Waals surface area contributed by atoms with Crippen LogP contribution in [0.25, 0.3) is 22.2 Å². The molecule has 23 heteroatoms. The van der Waals surface area contributed by atoms with E-state index in [1.165, 1.54) is 35.3 Å². The molecular weight excluding hydrogens is 665 g/mol. The maximum atomic E-state index is 16.3. The number of nitrogens with zero attached hydrogens (tertiary/aromatic N) is 8. The molecule has 3 aliphatic rings. The summed E-state index contributed by atoms with van der Waals surface area (Å²) in [4.78, 5) is 20.3. The monoisotopic (exact) mass is 690 g/mol. The van der Waals surface area contributed by atoms with E-state index in [4.69, 9.17) is 34.5 Å². The van der Waals surface area contributed by atoms with Crippen LogP contribution < -0.4 is 16.2 Å². The molecule has 6 heterocycles. The number of thiol groups is 2. The fourth-order valence-electron chi connectivity index (χ4n) is 5.89. The zero-order valence-corrected chi connectivity index (χ0v) is 26.0. The number of aromatic nitrogens is 8. The highest BCUT2D eigenvalue weighted by Crippen LogP contribution is 2.67. The van der Waals surface area contributed by atoms with Crippen molar-refractivity contribution < 1.29 is 41.7 Å². The molecule has 2 bridgehead atoms. The minimum Gasteiger partial charge on any atom is -0.479 e. The Morgan fingerprint density at radius 2 is 1.80 bits per heavy atom. The van der Waals surface area contributed by atoms with Crippen molar-refractivity contribution in [2.45, 2.75) is 54.9 Å². The molecular formula is C21H25FN10O8P2S2. The van der Waals surface area contributed by atoms with Crippen molar-refractivity contribution in [3.63, 3.8) is 0 Å². The molecule has 2 saturated heterocycles. The summed E-state index contributed by atoms with van der Waals surface area (Å²) < 4.78 is 75.1. The summed E-state index contributed by atoms with van der Waals surface area (Å²) in [7, 11) is 1.37. The summed E-state index contributed by atoms with van der Waals surface area (Å²) in [5, 5.41) is 16.0. The number of anilines is 2. The Morgan fingerprint density at radius 3 is 2.55 bits per heavy atom. The molecule has 18 nitrogen and oxygen atoms in total. The van der Waals surface area contributed by atoms with Crippen LogP contribution in [0, 0.1) is 0 Å². The lowest BCUT2D eigenvalue weighted by atomic mass is 10.2. The van der Waals surface area contributed by atoms with Gasteiger partial charge in [0.15, 0.2) is 29.5 Å². The molecule has 2 unspecified atom stereocenters.